The molecule has 0 bridgehead atoms. The number of carbonyl (C=O) groups is 2. The summed E-state index contributed by atoms with van der Waals surface area (Å²) < 4.78 is 1.78. The van der Waals surface area contributed by atoms with Crippen molar-refractivity contribution in [1.29, 1.82) is 0 Å². The first-order chi connectivity index (χ1) is 12.5. The van der Waals surface area contributed by atoms with Crippen molar-refractivity contribution < 1.29 is 9.59 Å². The van der Waals surface area contributed by atoms with E-state index in [1.54, 1.807) is 4.68 Å². The Morgan fingerprint density at radius 3 is 2.77 bits per heavy atom. The van der Waals surface area contributed by atoms with E-state index in [0.29, 0.717) is 19.5 Å². The lowest BCUT2D eigenvalue weighted by atomic mass is 9.92. The number of nitrogens with two attached hydrogens (primary N) is 1. The second-order valence-corrected chi connectivity index (χ2v) is 6.82. The Kier molecular flexibility index (Phi) is 5.55. The van der Waals surface area contributed by atoms with Crippen LogP contribution in [0.5, 0.6) is 0 Å². The highest BCUT2D eigenvalue weighted by Crippen LogP contribution is 2.27. The highest BCUT2D eigenvalue weighted by atomic mass is 16.2. The average Bonchev–Trinajstić information content (AvgIpc) is 3.08. The first-order valence-corrected chi connectivity index (χ1v) is 8.90. The van der Waals surface area contributed by atoms with Crippen LogP contribution in [0.25, 0.3) is 0 Å². The molecule has 1 aromatic heterocycles. The van der Waals surface area contributed by atoms with Gasteiger partial charge in [0, 0.05) is 38.7 Å². The highest BCUT2D eigenvalue weighted by Gasteiger charge is 2.30. The van der Waals surface area contributed by atoms with E-state index in [1.807, 2.05) is 54.7 Å². The molecule has 1 aromatic carbocycles. The molecule has 3 N–H and O–H groups in total. The predicted molar refractivity (Wildman–Crippen MR) is 98.4 cm³/mol. The molecular formula is C19H25N5O2. The van der Waals surface area contributed by atoms with E-state index < -0.39 is 12.1 Å². The number of primary amides is 1. The zero-order chi connectivity index (χ0) is 18.5. The topological polar surface area (TPSA) is 93.3 Å². The number of carbonyl (C=O) groups excluding carboxylic acids is 2. The minimum Gasteiger partial charge on any atom is -0.352 e. The van der Waals surface area contributed by atoms with Crippen molar-refractivity contribution in [3.05, 3.63) is 53.9 Å². The summed E-state index contributed by atoms with van der Waals surface area (Å²) in [5, 5.41) is 6.85. The minimum absolute atomic E-state index is 0.0822. The summed E-state index contributed by atoms with van der Waals surface area (Å²) in [5.74, 6) is 0.189. The Labute approximate surface area is 153 Å². The first-order valence-electron chi connectivity index (χ1n) is 8.90. The summed E-state index contributed by atoms with van der Waals surface area (Å²) in [7, 11) is 1.89. The lowest BCUT2D eigenvalue weighted by molar-refractivity contribution is -0.134. The van der Waals surface area contributed by atoms with Crippen LogP contribution in [0.3, 0.4) is 0 Å². The summed E-state index contributed by atoms with van der Waals surface area (Å²) in [4.78, 5) is 26.3. The Bertz CT molecular complexity index is 758. The Balaban J connectivity index is 1.71. The maximum atomic E-state index is 13.1. The molecule has 3 amide bonds. The van der Waals surface area contributed by atoms with Gasteiger partial charge in [-0.15, -0.1) is 0 Å². The van der Waals surface area contributed by atoms with Gasteiger partial charge in [-0.2, -0.15) is 5.10 Å². The van der Waals surface area contributed by atoms with Crippen LogP contribution < -0.4 is 11.1 Å². The van der Waals surface area contributed by atoms with Gasteiger partial charge < -0.3 is 16.0 Å². The molecule has 1 aliphatic rings. The van der Waals surface area contributed by atoms with Crippen molar-refractivity contribution in [2.75, 3.05) is 13.1 Å². The molecule has 0 spiro atoms. The lowest BCUT2D eigenvalue weighted by Gasteiger charge is -2.34. The number of nitrogens with zero attached hydrogens (tertiary/aromatic N) is 3. The SMILES string of the molecule is Cn1cc(C2CCCN(C(=O)C(Cc3ccccc3)NC(N)=O)C2)cn1. The van der Waals surface area contributed by atoms with Crippen LogP contribution in [0.4, 0.5) is 4.79 Å². The van der Waals surface area contributed by atoms with Crippen molar-refractivity contribution in [3.8, 4) is 0 Å². The van der Waals surface area contributed by atoms with Gasteiger partial charge in [-0.05, 0) is 24.0 Å². The van der Waals surface area contributed by atoms with E-state index in [1.165, 1.54) is 0 Å². The van der Waals surface area contributed by atoms with Crippen molar-refractivity contribution in [3.63, 3.8) is 0 Å². The van der Waals surface area contributed by atoms with E-state index in [0.717, 1.165) is 24.0 Å². The predicted octanol–water partition coefficient (Wildman–Crippen LogP) is 1.41. The van der Waals surface area contributed by atoms with E-state index in [9.17, 15) is 9.59 Å². The molecule has 1 saturated heterocycles. The second kappa shape index (κ2) is 8.03. The summed E-state index contributed by atoms with van der Waals surface area (Å²) in [6.45, 7) is 1.33. The molecule has 2 aromatic rings. The number of aromatic nitrogens is 2. The Morgan fingerprint density at radius 2 is 2.12 bits per heavy atom. The number of piperidine rings is 1. The monoisotopic (exact) mass is 355 g/mol. The van der Waals surface area contributed by atoms with Gasteiger partial charge in [-0.3, -0.25) is 9.48 Å². The van der Waals surface area contributed by atoms with Crippen LogP contribution in [-0.4, -0.2) is 45.8 Å². The molecule has 2 heterocycles. The maximum Gasteiger partial charge on any atom is 0.312 e. The van der Waals surface area contributed by atoms with Gasteiger partial charge >= 0.3 is 6.03 Å². The van der Waals surface area contributed by atoms with Crippen LogP contribution >= 0.6 is 0 Å². The van der Waals surface area contributed by atoms with Crippen LogP contribution in [0, 0.1) is 0 Å². The molecule has 2 atom stereocenters. The second-order valence-electron chi connectivity index (χ2n) is 6.82. The van der Waals surface area contributed by atoms with Crippen molar-refractivity contribution >= 4 is 11.9 Å². The van der Waals surface area contributed by atoms with Crippen LogP contribution in [0.1, 0.15) is 29.9 Å². The maximum absolute atomic E-state index is 13.1. The molecule has 138 valence electrons. The van der Waals surface area contributed by atoms with E-state index in [2.05, 4.69) is 10.4 Å². The quantitative estimate of drug-likeness (QED) is 0.849. The van der Waals surface area contributed by atoms with Gasteiger partial charge in [0.25, 0.3) is 0 Å². The summed E-state index contributed by atoms with van der Waals surface area (Å²) in [5.41, 5.74) is 7.44. The smallest absolute Gasteiger partial charge is 0.312 e. The first kappa shape index (κ1) is 18.0. The molecule has 1 aliphatic heterocycles. The van der Waals surface area contributed by atoms with Crippen molar-refractivity contribution in [2.45, 2.75) is 31.2 Å². The van der Waals surface area contributed by atoms with Gasteiger partial charge in [0.2, 0.25) is 5.91 Å². The van der Waals surface area contributed by atoms with Crippen molar-refractivity contribution in [1.82, 2.24) is 20.0 Å². The molecule has 0 aliphatic carbocycles. The van der Waals surface area contributed by atoms with Gasteiger partial charge in [0.05, 0.1) is 6.20 Å². The number of hydrogen-bond donors (Lipinski definition) is 2. The molecule has 26 heavy (non-hydrogen) atoms. The molecule has 7 nitrogen and oxygen atoms in total. The van der Waals surface area contributed by atoms with Gasteiger partial charge in [0.1, 0.15) is 6.04 Å². The lowest BCUT2D eigenvalue weighted by Crippen LogP contribution is -2.53. The fourth-order valence-corrected chi connectivity index (χ4v) is 3.54. The zero-order valence-corrected chi connectivity index (χ0v) is 15.0. The standard InChI is InChI=1S/C19H25N5O2/c1-23-12-16(11-21-23)15-8-5-9-24(13-15)18(25)17(22-19(20)26)10-14-6-3-2-4-7-14/h2-4,6-7,11-12,15,17H,5,8-10,13H2,1H3,(H3,20,22,26). The normalized spacial score (nSPS) is 18.3. The third-order valence-corrected chi connectivity index (χ3v) is 4.83. The molecule has 7 heteroatoms. The van der Waals surface area contributed by atoms with E-state index in [4.69, 9.17) is 5.73 Å². The van der Waals surface area contributed by atoms with Gasteiger partial charge in [-0.25, -0.2) is 4.79 Å². The number of benzene rings is 1. The van der Waals surface area contributed by atoms with Gasteiger partial charge in [0.15, 0.2) is 0 Å². The number of nitrogens with one attached hydrogen (secondary N) is 1. The van der Waals surface area contributed by atoms with Crippen LogP contribution in [-0.2, 0) is 18.3 Å². The number of likely N-dealkylation sites (tertiary alicyclic amines) is 1. The molecule has 0 radical (unpaired) electrons. The summed E-state index contributed by atoms with van der Waals surface area (Å²) in [6, 6.07) is 8.31. The minimum atomic E-state index is -0.680. The zero-order valence-electron chi connectivity index (χ0n) is 15.0. The molecule has 3 rings (SSSR count). The summed E-state index contributed by atoms with van der Waals surface area (Å²) in [6.07, 6.45) is 6.25. The van der Waals surface area contributed by atoms with E-state index >= 15 is 0 Å². The van der Waals surface area contributed by atoms with E-state index in [-0.39, 0.29) is 11.8 Å². The third kappa shape index (κ3) is 4.41. The number of rotatable bonds is 5. The average molecular weight is 355 g/mol. The fraction of sp³-hybridized carbons (Fsp3) is 0.421. The summed E-state index contributed by atoms with van der Waals surface area (Å²) >= 11 is 0. The molecule has 1 fully saturated rings. The van der Waals surface area contributed by atoms with Gasteiger partial charge in [-0.1, -0.05) is 30.3 Å². The Morgan fingerprint density at radius 1 is 1.35 bits per heavy atom. The molecule has 2 unspecified atom stereocenters. The molecule has 0 saturated carbocycles. The van der Waals surface area contributed by atoms with Crippen molar-refractivity contribution in [2.24, 2.45) is 12.8 Å². The third-order valence-electron chi connectivity index (χ3n) is 4.83. The van der Waals surface area contributed by atoms with Crippen LogP contribution in [0.2, 0.25) is 0 Å². The number of hydrogen-bond acceptors (Lipinski definition) is 3. The largest absolute Gasteiger partial charge is 0.352 e. The highest BCUT2D eigenvalue weighted by molar-refractivity contribution is 5.87. The molecular weight excluding hydrogens is 330 g/mol. The number of urea groups is 1. The number of amides is 3. The van der Waals surface area contributed by atoms with Crippen LogP contribution in [0.15, 0.2) is 42.7 Å². The fourth-order valence-electron chi connectivity index (χ4n) is 3.54. The number of aryl methyl sites for hydroxylation is 1. The Hall–Kier alpha value is -2.83.